The van der Waals surface area contributed by atoms with E-state index in [1.165, 1.54) is 17.2 Å². The third-order valence-electron chi connectivity index (χ3n) is 4.08. The van der Waals surface area contributed by atoms with Crippen molar-refractivity contribution in [1.82, 2.24) is 9.96 Å². The van der Waals surface area contributed by atoms with Gasteiger partial charge in [-0.15, -0.1) is 17.0 Å². The number of hydrogen-bond acceptors (Lipinski definition) is 8. The van der Waals surface area contributed by atoms with Crippen molar-refractivity contribution in [3.8, 4) is 0 Å². The summed E-state index contributed by atoms with van der Waals surface area (Å²) in [5, 5.41) is 1.79. The van der Waals surface area contributed by atoms with E-state index in [4.69, 9.17) is 39.5 Å². The van der Waals surface area contributed by atoms with Gasteiger partial charge in [0.05, 0.1) is 27.8 Å². The van der Waals surface area contributed by atoms with Gasteiger partial charge in [0.25, 0.3) is 11.8 Å². The Morgan fingerprint density at radius 3 is 2.14 bits per heavy atom. The van der Waals surface area contributed by atoms with Crippen LogP contribution in [0.5, 0.6) is 0 Å². The molecule has 0 saturated carbocycles. The second-order valence-electron chi connectivity index (χ2n) is 6.49. The van der Waals surface area contributed by atoms with Crippen LogP contribution in [-0.2, 0) is 4.84 Å². The molecule has 152 valence electrons. The average Bonchev–Trinajstić information content (AvgIpc) is 2.77. The van der Waals surface area contributed by atoms with E-state index in [0.29, 0.717) is 6.42 Å². The van der Waals surface area contributed by atoms with Gasteiger partial charge in [0, 0.05) is 6.54 Å². The standard InChI is InChI=1S/C16H18Cl2N6O3.BrH/c1-16(2)22-14(19)21-15(20)24(16)27-5-3-4-23-12(25)8-6-10(17)11(18)7-9(8)13(23)26;/h6-7H,3-5H2,1-2H3,(H4,19,20,21,22);1H. The molecule has 0 fully saturated rings. The zero-order valence-electron chi connectivity index (χ0n) is 15.1. The van der Waals surface area contributed by atoms with E-state index in [2.05, 4.69) is 9.98 Å². The molecule has 0 unspecified atom stereocenters. The number of fused-ring (bicyclic) bond motifs is 1. The fourth-order valence-electron chi connectivity index (χ4n) is 2.88. The Bertz CT molecular complexity index is 848. The predicted octanol–water partition coefficient (Wildman–Crippen LogP) is 2.17. The Balaban J connectivity index is 0.00000280. The highest BCUT2D eigenvalue weighted by Crippen LogP contribution is 2.31. The Labute approximate surface area is 182 Å². The van der Waals surface area contributed by atoms with Gasteiger partial charge in [-0.2, -0.15) is 10.1 Å². The van der Waals surface area contributed by atoms with E-state index in [-0.39, 0.29) is 63.2 Å². The molecule has 0 spiro atoms. The van der Waals surface area contributed by atoms with Crippen molar-refractivity contribution in [3.63, 3.8) is 0 Å². The maximum absolute atomic E-state index is 12.4. The van der Waals surface area contributed by atoms with Crippen molar-refractivity contribution in [2.45, 2.75) is 25.9 Å². The minimum Gasteiger partial charge on any atom is -0.368 e. The summed E-state index contributed by atoms with van der Waals surface area (Å²) >= 11 is 11.9. The van der Waals surface area contributed by atoms with Crippen LogP contribution in [0.4, 0.5) is 0 Å². The van der Waals surface area contributed by atoms with Crippen molar-refractivity contribution in [2.75, 3.05) is 13.2 Å². The fourth-order valence-corrected chi connectivity index (χ4v) is 3.21. The molecule has 0 aliphatic carbocycles. The number of imide groups is 1. The summed E-state index contributed by atoms with van der Waals surface area (Å²) in [5.74, 6) is -0.672. The van der Waals surface area contributed by atoms with Crippen LogP contribution in [-0.4, -0.2) is 52.5 Å². The van der Waals surface area contributed by atoms with E-state index >= 15 is 0 Å². The summed E-state index contributed by atoms with van der Waals surface area (Å²) in [5.41, 5.74) is 11.1. The Morgan fingerprint density at radius 1 is 1.11 bits per heavy atom. The number of nitrogens with zero attached hydrogens (tertiary/aromatic N) is 4. The van der Waals surface area contributed by atoms with Gasteiger partial charge >= 0.3 is 0 Å². The molecule has 4 N–H and O–H groups in total. The number of guanidine groups is 2. The summed E-state index contributed by atoms with van der Waals surface area (Å²) in [6, 6.07) is 2.82. The molecule has 12 heteroatoms. The molecule has 1 aromatic carbocycles. The smallest absolute Gasteiger partial charge is 0.261 e. The van der Waals surface area contributed by atoms with Crippen molar-refractivity contribution < 1.29 is 14.4 Å². The molecule has 2 heterocycles. The number of benzene rings is 1. The molecule has 0 bridgehead atoms. The van der Waals surface area contributed by atoms with Crippen molar-refractivity contribution in [3.05, 3.63) is 33.3 Å². The van der Waals surface area contributed by atoms with Crippen LogP contribution >= 0.6 is 40.2 Å². The number of amides is 2. The highest BCUT2D eigenvalue weighted by molar-refractivity contribution is 8.93. The Hall–Kier alpha value is -1.88. The molecule has 0 radical (unpaired) electrons. The van der Waals surface area contributed by atoms with Gasteiger partial charge in [-0.3, -0.25) is 19.3 Å². The first kappa shape index (κ1) is 22.4. The normalized spacial score (nSPS) is 17.9. The van der Waals surface area contributed by atoms with E-state index in [1.807, 2.05) is 0 Å². The molecule has 1 aromatic rings. The van der Waals surface area contributed by atoms with Crippen molar-refractivity contribution >= 4 is 63.9 Å². The first-order valence-electron chi connectivity index (χ1n) is 8.09. The number of aliphatic imine (C=N–C) groups is 2. The number of carbonyl (C=O) groups excluding carboxylic acids is 2. The predicted molar refractivity (Wildman–Crippen MR) is 112 cm³/mol. The van der Waals surface area contributed by atoms with E-state index in [9.17, 15) is 9.59 Å². The van der Waals surface area contributed by atoms with Gasteiger partial charge in [0.15, 0.2) is 5.66 Å². The number of rotatable bonds is 5. The number of halogens is 3. The molecule has 2 aliphatic rings. The summed E-state index contributed by atoms with van der Waals surface area (Å²) in [7, 11) is 0. The van der Waals surface area contributed by atoms with Gasteiger partial charge in [-0.05, 0) is 32.4 Å². The fraction of sp³-hybridized carbons (Fsp3) is 0.375. The highest BCUT2D eigenvalue weighted by atomic mass is 79.9. The topological polar surface area (TPSA) is 127 Å². The monoisotopic (exact) mass is 492 g/mol. The van der Waals surface area contributed by atoms with Crippen molar-refractivity contribution in [2.24, 2.45) is 21.5 Å². The van der Waals surface area contributed by atoms with Gasteiger partial charge in [0.1, 0.15) is 0 Å². The minimum absolute atomic E-state index is 0. The van der Waals surface area contributed by atoms with E-state index in [0.717, 1.165) is 4.90 Å². The summed E-state index contributed by atoms with van der Waals surface area (Å²) in [6.07, 6.45) is 0.381. The Kier molecular flexibility index (Phi) is 6.59. The summed E-state index contributed by atoms with van der Waals surface area (Å²) in [4.78, 5) is 39.7. The summed E-state index contributed by atoms with van der Waals surface area (Å²) in [6.45, 7) is 3.88. The highest BCUT2D eigenvalue weighted by Gasteiger charge is 2.36. The molecule has 0 atom stereocenters. The lowest BCUT2D eigenvalue weighted by molar-refractivity contribution is -0.157. The second-order valence-corrected chi connectivity index (χ2v) is 7.30. The first-order valence-corrected chi connectivity index (χ1v) is 8.85. The number of hydroxylamine groups is 2. The van der Waals surface area contributed by atoms with Crippen LogP contribution in [0, 0.1) is 0 Å². The zero-order valence-corrected chi connectivity index (χ0v) is 18.3. The zero-order chi connectivity index (χ0) is 19.9. The minimum atomic E-state index is -0.821. The average molecular weight is 494 g/mol. The molecule has 3 rings (SSSR count). The third-order valence-corrected chi connectivity index (χ3v) is 4.80. The molecule has 2 amide bonds. The maximum atomic E-state index is 12.4. The van der Waals surface area contributed by atoms with Crippen LogP contribution < -0.4 is 11.5 Å². The SMILES string of the molecule is Br.CC1(C)N=C(N)N=C(N)N1OCCCN1C(=O)c2cc(Cl)c(Cl)cc2C1=O. The number of hydrogen-bond donors (Lipinski definition) is 2. The third kappa shape index (κ3) is 4.09. The first-order chi connectivity index (χ1) is 12.6. The van der Waals surface area contributed by atoms with Gasteiger partial charge in [0.2, 0.25) is 11.9 Å². The lowest BCUT2D eigenvalue weighted by Gasteiger charge is -2.36. The van der Waals surface area contributed by atoms with E-state index in [1.54, 1.807) is 13.8 Å². The molecule has 9 nitrogen and oxygen atoms in total. The van der Waals surface area contributed by atoms with Gasteiger partial charge in [-0.1, -0.05) is 23.2 Å². The molecule has 0 saturated heterocycles. The van der Waals surface area contributed by atoms with Crippen LogP contribution in [0.15, 0.2) is 22.1 Å². The van der Waals surface area contributed by atoms with Gasteiger partial charge in [-0.25, -0.2) is 4.99 Å². The molecule has 0 aromatic heterocycles. The summed E-state index contributed by atoms with van der Waals surface area (Å²) < 4.78 is 0. The lowest BCUT2D eigenvalue weighted by atomic mass is 10.1. The molecular formula is C16H19BrCl2N6O3. The molecule has 28 heavy (non-hydrogen) atoms. The number of nitrogens with two attached hydrogens (primary N) is 2. The quantitative estimate of drug-likeness (QED) is 0.478. The van der Waals surface area contributed by atoms with E-state index < -0.39 is 17.5 Å². The number of carbonyl (C=O) groups is 2. The van der Waals surface area contributed by atoms with Crippen molar-refractivity contribution in [1.29, 1.82) is 0 Å². The Morgan fingerprint density at radius 2 is 1.64 bits per heavy atom. The van der Waals surface area contributed by atoms with Crippen LogP contribution in [0.2, 0.25) is 10.0 Å². The van der Waals surface area contributed by atoms with Crippen LogP contribution in [0.25, 0.3) is 0 Å². The van der Waals surface area contributed by atoms with Crippen LogP contribution in [0.3, 0.4) is 0 Å². The second kappa shape index (κ2) is 8.24. The lowest BCUT2D eigenvalue weighted by Crippen LogP contribution is -2.53. The maximum Gasteiger partial charge on any atom is 0.261 e. The van der Waals surface area contributed by atoms with Crippen LogP contribution in [0.1, 0.15) is 41.0 Å². The molecular weight excluding hydrogens is 475 g/mol. The van der Waals surface area contributed by atoms with Gasteiger partial charge < -0.3 is 11.5 Å². The largest absolute Gasteiger partial charge is 0.368 e. The molecule has 2 aliphatic heterocycles.